The summed E-state index contributed by atoms with van der Waals surface area (Å²) in [5.41, 5.74) is 3.28. The largest absolute Gasteiger partial charge is 0.343 e. The lowest BCUT2D eigenvalue weighted by atomic mass is 10.1. The Labute approximate surface area is 100 Å². The number of aromatic amines is 1. The van der Waals surface area contributed by atoms with Crippen molar-refractivity contribution in [3.8, 4) is 11.3 Å². The molecule has 0 radical (unpaired) electrons. The number of aryl methyl sites for hydroxylation is 1. The summed E-state index contributed by atoms with van der Waals surface area (Å²) >= 11 is 5.26. The average molecular weight is 230 g/mol. The van der Waals surface area contributed by atoms with E-state index in [1.165, 1.54) is 0 Å². The first-order valence-corrected chi connectivity index (χ1v) is 5.78. The lowest BCUT2D eigenvalue weighted by Crippen LogP contribution is -1.99. The first-order chi connectivity index (χ1) is 7.72. The lowest BCUT2D eigenvalue weighted by molar-refractivity contribution is 0.926. The second kappa shape index (κ2) is 4.58. The molecule has 0 aliphatic carbocycles. The maximum atomic E-state index is 5.26. The fourth-order valence-electron chi connectivity index (χ4n) is 1.64. The minimum atomic E-state index is 0.689. The van der Waals surface area contributed by atoms with Crippen LogP contribution in [0.5, 0.6) is 0 Å². The third-order valence-corrected chi connectivity index (χ3v) is 3.00. The molecule has 0 amide bonds. The van der Waals surface area contributed by atoms with Crippen molar-refractivity contribution < 1.29 is 0 Å². The van der Waals surface area contributed by atoms with Gasteiger partial charge in [-0.2, -0.15) is 0 Å². The van der Waals surface area contributed by atoms with Crippen LogP contribution in [0.3, 0.4) is 0 Å². The van der Waals surface area contributed by atoms with Crippen molar-refractivity contribution in [1.82, 2.24) is 9.97 Å². The fourth-order valence-corrected chi connectivity index (χ4v) is 1.85. The van der Waals surface area contributed by atoms with Crippen LogP contribution in [0, 0.1) is 11.6 Å². The molecule has 0 atom stereocenters. The van der Waals surface area contributed by atoms with Crippen LogP contribution in [0.25, 0.3) is 11.3 Å². The van der Waals surface area contributed by atoms with Crippen LogP contribution < -0.4 is 0 Å². The summed E-state index contributed by atoms with van der Waals surface area (Å²) in [7, 11) is 0. The second-order valence-electron chi connectivity index (χ2n) is 3.71. The zero-order valence-corrected chi connectivity index (χ0v) is 10.3. The van der Waals surface area contributed by atoms with Gasteiger partial charge in [-0.1, -0.05) is 49.5 Å². The van der Waals surface area contributed by atoms with Crippen molar-refractivity contribution in [2.75, 3.05) is 0 Å². The first-order valence-electron chi connectivity index (χ1n) is 5.37. The Morgan fingerprint density at radius 2 is 1.94 bits per heavy atom. The van der Waals surface area contributed by atoms with Crippen molar-refractivity contribution in [2.24, 2.45) is 0 Å². The van der Waals surface area contributed by atoms with Gasteiger partial charge >= 0.3 is 0 Å². The smallest absolute Gasteiger partial charge is 0.133 e. The van der Waals surface area contributed by atoms with Gasteiger partial charge in [0.1, 0.15) is 10.5 Å². The van der Waals surface area contributed by atoms with Crippen LogP contribution in [0.2, 0.25) is 0 Å². The summed E-state index contributed by atoms with van der Waals surface area (Å²) in [4.78, 5) is 7.68. The molecular weight excluding hydrogens is 216 g/mol. The van der Waals surface area contributed by atoms with Crippen LogP contribution in [-0.2, 0) is 6.42 Å². The number of H-pyrrole nitrogens is 1. The highest BCUT2D eigenvalue weighted by Crippen LogP contribution is 2.21. The number of nitrogens with one attached hydrogen (secondary N) is 1. The van der Waals surface area contributed by atoms with Gasteiger partial charge in [-0.15, -0.1) is 0 Å². The molecule has 2 rings (SSSR count). The van der Waals surface area contributed by atoms with Crippen LogP contribution in [0.15, 0.2) is 30.3 Å². The van der Waals surface area contributed by atoms with Gasteiger partial charge in [-0.25, -0.2) is 4.98 Å². The molecule has 0 fully saturated rings. The predicted octanol–water partition coefficient (Wildman–Crippen LogP) is 3.68. The highest BCUT2D eigenvalue weighted by molar-refractivity contribution is 7.71. The summed E-state index contributed by atoms with van der Waals surface area (Å²) in [5.74, 6) is 0.939. The van der Waals surface area contributed by atoms with Gasteiger partial charge in [-0.3, -0.25) is 0 Å². The molecule has 1 heterocycles. The molecule has 82 valence electrons. The molecule has 0 unspecified atom stereocenters. The van der Waals surface area contributed by atoms with Gasteiger partial charge in [0.05, 0.1) is 5.69 Å². The van der Waals surface area contributed by atoms with Gasteiger partial charge < -0.3 is 4.98 Å². The van der Waals surface area contributed by atoms with Crippen molar-refractivity contribution >= 4 is 12.2 Å². The molecule has 1 aromatic carbocycles. The highest BCUT2D eigenvalue weighted by Gasteiger charge is 2.05. The summed E-state index contributed by atoms with van der Waals surface area (Å²) in [6.07, 6.45) is 0.865. The van der Waals surface area contributed by atoms with E-state index in [1.807, 2.05) is 25.1 Å². The minimum absolute atomic E-state index is 0.689. The van der Waals surface area contributed by atoms with Crippen molar-refractivity contribution in [2.45, 2.75) is 20.3 Å². The number of aromatic nitrogens is 2. The maximum absolute atomic E-state index is 5.26. The summed E-state index contributed by atoms with van der Waals surface area (Å²) in [6, 6.07) is 10.2. The zero-order chi connectivity index (χ0) is 11.5. The average Bonchev–Trinajstić information content (AvgIpc) is 2.33. The van der Waals surface area contributed by atoms with Crippen LogP contribution in [-0.4, -0.2) is 9.97 Å². The normalized spacial score (nSPS) is 10.4. The third-order valence-electron chi connectivity index (χ3n) is 2.60. The summed E-state index contributed by atoms with van der Waals surface area (Å²) < 4.78 is 0.689. The molecule has 0 aliphatic heterocycles. The van der Waals surface area contributed by atoms with E-state index in [0.29, 0.717) is 4.64 Å². The van der Waals surface area contributed by atoms with Crippen LogP contribution >= 0.6 is 12.2 Å². The van der Waals surface area contributed by atoms with E-state index in [0.717, 1.165) is 29.1 Å². The Bertz CT molecular complexity index is 544. The number of hydrogen-bond acceptors (Lipinski definition) is 2. The number of hydrogen-bond donors (Lipinski definition) is 1. The van der Waals surface area contributed by atoms with Crippen molar-refractivity contribution in [3.63, 3.8) is 0 Å². The molecule has 0 spiro atoms. The van der Waals surface area contributed by atoms with Crippen molar-refractivity contribution in [1.29, 1.82) is 0 Å². The standard InChI is InChI=1S/C13H14N2S/c1-3-11-14-12(9(2)13(16)15-11)10-7-5-4-6-8-10/h4-8H,3H2,1-2H3,(H,14,15,16). The quantitative estimate of drug-likeness (QED) is 0.797. The highest BCUT2D eigenvalue weighted by atomic mass is 32.1. The molecule has 2 nitrogen and oxygen atoms in total. The van der Waals surface area contributed by atoms with Gasteiger partial charge in [0, 0.05) is 12.0 Å². The third kappa shape index (κ3) is 2.04. The SMILES string of the molecule is CCc1nc(=S)c(C)c(-c2ccccc2)[nH]1. The van der Waals surface area contributed by atoms with E-state index in [9.17, 15) is 0 Å². The van der Waals surface area contributed by atoms with Gasteiger partial charge in [0.2, 0.25) is 0 Å². The second-order valence-corrected chi connectivity index (χ2v) is 4.09. The van der Waals surface area contributed by atoms with Gasteiger partial charge in [0.25, 0.3) is 0 Å². The molecule has 0 bridgehead atoms. The van der Waals surface area contributed by atoms with Crippen LogP contribution in [0.1, 0.15) is 18.3 Å². The van der Waals surface area contributed by atoms with Gasteiger partial charge in [-0.05, 0) is 12.5 Å². The monoisotopic (exact) mass is 230 g/mol. The Morgan fingerprint density at radius 3 is 2.56 bits per heavy atom. The van der Waals surface area contributed by atoms with E-state index < -0.39 is 0 Å². The van der Waals surface area contributed by atoms with Crippen LogP contribution in [0.4, 0.5) is 0 Å². The fraction of sp³-hybridized carbons (Fsp3) is 0.231. The molecule has 0 saturated heterocycles. The first kappa shape index (κ1) is 11.0. The molecular formula is C13H14N2S. The maximum Gasteiger partial charge on any atom is 0.133 e. The Balaban J connectivity index is 2.65. The molecule has 2 aromatic rings. The Hall–Kier alpha value is -1.48. The van der Waals surface area contributed by atoms with Gasteiger partial charge in [0.15, 0.2) is 0 Å². The molecule has 0 aliphatic rings. The number of benzene rings is 1. The minimum Gasteiger partial charge on any atom is -0.343 e. The molecule has 16 heavy (non-hydrogen) atoms. The summed E-state index contributed by atoms with van der Waals surface area (Å²) in [6.45, 7) is 4.07. The van der Waals surface area contributed by atoms with E-state index in [4.69, 9.17) is 12.2 Å². The van der Waals surface area contributed by atoms with Crippen molar-refractivity contribution in [3.05, 3.63) is 46.4 Å². The van der Waals surface area contributed by atoms with E-state index in [1.54, 1.807) is 0 Å². The number of rotatable bonds is 2. The molecule has 1 aromatic heterocycles. The lowest BCUT2D eigenvalue weighted by Gasteiger charge is -2.08. The Morgan fingerprint density at radius 1 is 1.25 bits per heavy atom. The molecule has 1 N–H and O–H groups in total. The predicted molar refractivity (Wildman–Crippen MR) is 69.0 cm³/mol. The topological polar surface area (TPSA) is 28.7 Å². The van der Waals surface area contributed by atoms with E-state index in [-0.39, 0.29) is 0 Å². The number of nitrogens with zero attached hydrogens (tertiary/aromatic N) is 1. The Kier molecular flexibility index (Phi) is 3.15. The van der Waals surface area contributed by atoms with E-state index >= 15 is 0 Å². The zero-order valence-electron chi connectivity index (χ0n) is 9.45. The molecule has 3 heteroatoms. The molecule has 0 saturated carbocycles. The van der Waals surface area contributed by atoms with E-state index in [2.05, 4.69) is 29.0 Å². The summed E-state index contributed by atoms with van der Waals surface area (Å²) in [5, 5.41) is 0.